The number of allylic oxidation sites excluding steroid dienone is 2. The van der Waals surface area contributed by atoms with Crippen LogP contribution in [0, 0.1) is 27.9 Å². The first-order valence-corrected chi connectivity index (χ1v) is 13.2. The molecule has 1 aliphatic carbocycles. The molecule has 42 heavy (non-hydrogen) atoms. The van der Waals surface area contributed by atoms with Gasteiger partial charge >= 0.3 is 5.97 Å². The molecule has 1 aliphatic heterocycles. The van der Waals surface area contributed by atoms with Crippen molar-refractivity contribution in [1.82, 2.24) is 10.0 Å². The van der Waals surface area contributed by atoms with Crippen molar-refractivity contribution in [2.45, 2.75) is 13.3 Å². The van der Waals surface area contributed by atoms with Crippen LogP contribution in [0.2, 0.25) is 0 Å². The molecule has 0 N–H and O–H groups in total. The largest absolute Gasteiger partial charge is 0.423 e. The Kier molecular flexibility index (Phi) is 7.74. The molecule has 0 radical (unpaired) electrons. The van der Waals surface area contributed by atoms with Gasteiger partial charge in [0.2, 0.25) is 0 Å². The van der Waals surface area contributed by atoms with Crippen LogP contribution in [0.1, 0.15) is 44.4 Å². The number of benzene rings is 3. The van der Waals surface area contributed by atoms with Crippen LogP contribution in [0.3, 0.4) is 0 Å². The van der Waals surface area contributed by atoms with Crippen LogP contribution in [-0.2, 0) is 9.59 Å². The Morgan fingerprint density at radius 3 is 2.17 bits per heavy atom. The number of nitro groups is 1. The molecule has 0 aromatic heterocycles. The van der Waals surface area contributed by atoms with Gasteiger partial charge in [0, 0.05) is 23.3 Å². The highest BCUT2D eigenvalue weighted by Crippen LogP contribution is 2.39. The molecule has 0 spiro atoms. The van der Waals surface area contributed by atoms with Gasteiger partial charge < -0.3 is 4.74 Å². The first-order chi connectivity index (χ1) is 20.2. The lowest BCUT2D eigenvalue weighted by Gasteiger charge is -2.30. The molecule has 0 saturated carbocycles. The molecule has 11 nitrogen and oxygen atoms in total. The topological polar surface area (TPSA) is 144 Å². The van der Waals surface area contributed by atoms with Gasteiger partial charge in [-0.05, 0) is 60.9 Å². The van der Waals surface area contributed by atoms with Gasteiger partial charge in [-0.3, -0.25) is 29.3 Å². The van der Waals surface area contributed by atoms with Gasteiger partial charge in [-0.25, -0.2) is 9.80 Å². The number of non-ortho nitro benzene ring substituents is 1. The first-order valence-electron chi connectivity index (χ1n) is 13.2. The number of nitrogens with zero attached hydrogens (tertiary/aromatic N) is 3. The summed E-state index contributed by atoms with van der Waals surface area (Å²) in [6.07, 6.45) is 3.99. The minimum absolute atomic E-state index is 0.0433. The highest BCUT2D eigenvalue weighted by Gasteiger charge is 2.53. The van der Waals surface area contributed by atoms with E-state index in [0.717, 1.165) is 22.2 Å². The number of carbonyl (C=O) groups excluding carboxylic acids is 5. The lowest BCUT2D eigenvalue weighted by Crippen LogP contribution is -2.52. The number of hydrogen-bond donors (Lipinski definition) is 0. The summed E-state index contributed by atoms with van der Waals surface area (Å²) in [5.41, 5.74) is 0.199. The van der Waals surface area contributed by atoms with Gasteiger partial charge in [-0.2, -0.15) is 5.01 Å². The summed E-state index contributed by atoms with van der Waals surface area (Å²) in [4.78, 5) is 76.8. The maximum atomic E-state index is 13.7. The summed E-state index contributed by atoms with van der Waals surface area (Å²) in [6, 6.07) is 18.7. The summed E-state index contributed by atoms with van der Waals surface area (Å²) in [5, 5.41) is 12.6. The minimum Gasteiger partial charge on any atom is -0.423 e. The highest BCUT2D eigenvalue weighted by atomic mass is 16.6. The van der Waals surface area contributed by atoms with Crippen molar-refractivity contribution in [3.63, 3.8) is 0 Å². The van der Waals surface area contributed by atoms with E-state index in [2.05, 4.69) is 0 Å². The van der Waals surface area contributed by atoms with E-state index < -0.39 is 52.8 Å². The molecule has 2 aliphatic rings. The number of ether oxygens (including phenoxy) is 1. The molecule has 3 aromatic carbocycles. The average Bonchev–Trinajstić information content (AvgIpc) is 3.26. The number of hydrogen-bond acceptors (Lipinski definition) is 8. The maximum Gasteiger partial charge on any atom is 0.343 e. The van der Waals surface area contributed by atoms with E-state index in [1.54, 1.807) is 30.3 Å². The summed E-state index contributed by atoms with van der Waals surface area (Å²) in [6.45, 7) is 1.15. The summed E-state index contributed by atoms with van der Waals surface area (Å²) in [7, 11) is 0. The summed E-state index contributed by atoms with van der Waals surface area (Å²) in [5.74, 6) is -4.59. The van der Waals surface area contributed by atoms with E-state index in [4.69, 9.17) is 4.74 Å². The van der Waals surface area contributed by atoms with Crippen molar-refractivity contribution in [3.05, 3.63) is 118 Å². The molecular formula is C31H25N3O8. The first kappa shape index (κ1) is 28.1. The molecule has 3 amide bonds. The van der Waals surface area contributed by atoms with Gasteiger partial charge in [0.1, 0.15) is 12.3 Å². The van der Waals surface area contributed by atoms with E-state index in [1.165, 1.54) is 36.4 Å². The maximum absolute atomic E-state index is 13.7. The van der Waals surface area contributed by atoms with Crippen LogP contribution in [0.25, 0.3) is 0 Å². The standard InChI is InChI=1S/C31H25N3O8/c1-19-6-5-9-25-27(19)30(38)33(29(25)37)32(28(36)21-10-14-23(15-11-21)34(40)41)18-26(35)20-12-16-24(17-13-20)42-31(39)22-7-3-2-4-8-22/h2-8,10-17,19,25,27H,9,18H2,1H3/t19-,25+,27+/m1/s1. The van der Waals surface area contributed by atoms with Crippen LogP contribution >= 0.6 is 0 Å². The molecule has 1 fully saturated rings. The molecule has 11 heteroatoms. The van der Waals surface area contributed by atoms with E-state index in [9.17, 15) is 34.1 Å². The number of hydrazine groups is 1. The van der Waals surface area contributed by atoms with Crippen LogP contribution < -0.4 is 4.74 Å². The fourth-order valence-electron chi connectivity index (χ4n) is 5.15. The molecule has 3 atom stereocenters. The van der Waals surface area contributed by atoms with Crippen LogP contribution in [0.5, 0.6) is 5.75 Å². The second-order valence-electron chi connectivity index (χ2n) is 10.0. The number of amides is 3. The lowest BCUT2D eigenvalue weighted by atomic mass is 9.78. The SMILES string of the molecule is C[C@@H]1C=CC[C@@H]2C(=O)N(N(CC(=O)c3ccc(OC(=O)c4ccccc4)cc3)C(=O)c3ccc([N+](=O)[O-])cc3)C(=O)[C@@H]12. The number of rotatable bonds is 8. The third kappa shape index (κ3) is 5.44. The molecule has 1 saturated heterocycles. The smallest absolute Gasteiger partial charge is 0.343 e. The molecule has 1 heterocycles. The Hall–Kier alpha value is -5.45. The fraction of sp³-hybridized carbons (Fsp3) is 0.194. The lowest BCUT2D eigenvalue weighted by molar-refractivity contribution is -0.384. The van der Waals surface area contributed by atoms with Crippen molar-refractivity contribution in [2.75, 3.05) is 6.54 Å². The molecule has 0 unspecified atom stereocenters. The third-order valence-corrected chi connectivity index (χ3v) is 7.34. The Labute approximate surface area is 240 Å². The van der Waals surface area contributed by atoms with Crippen LogP contribution in [0.4, 0.5) is 5.69 Å². The van der Waals surface area contributed by atoms with Gasteiger partial charge in [0.25, 0.3) is 23.4 Å². The zero-order chi connectivity index (χ0) is 30.0. The average molecular weight is 568 g/mol. The van der Waals surface area contributed by atoms with Crippen molar-refractivity contribution in [3.8, 4) is 5.75 Å². The van der Waals surface area contributed by atoms with Crippen LogP contribution in [-0.4, -0.2) is 51.0 Å². The van der Waals surface area contributed by atoms with Crippen LogP contribution in [0.15, 0.2) is 91.0 Å². The predicted octanol–water partition coefficient (Wildman–Crippen LogP) is 4.25. The normalized spacial score (nSPS) is 19.3. The van der Waals surface area contributed by atoms with E-state index in [1.807, 2.05) is 19.1 Å². The Balaban J connectivity index is 1.40. The molecule has 5 rings (SSSR count). The van der Waals surface area contributed by atoms with E-state index in [-0.39, 0.29) is 28.5 Å². The number of ketones is 1. The molecule has 0 bridgehead atoms. The Morgan fingerprint density at radius 2 is 1.55 bits per heavy atom. The zero-order valence-electron chi connectivity index (χ0n) is 22.4. The van der Waals surface area contributed by atoms with Crippen molar-refractivity contribution < 1.29 is 33.6 Å². The quantitative estimate of drug-likeness (QED) is 0.0747. The molecular weight excluding hydrogens is 542 g/mol. The Morgan fingerprint density at radius 1 is 0.905 bits per heavy atom. The third-order valence-electron chi connectivity index (χ3n) is 7.34. The van der Waals surface area contributed by atoms with Gasteiger partial charge in [0.15, 0.2) is 5.78 Å². The Bertz CT molecular complexity index is 1600. The van der Waals surface area contributed by atoms with E-state index >= 15 is 0 Å². The monoisotopic (exact) mass is 567 g/mol. The van der Waals surface area contributed by atoms with Gasteiger partial charge in [-0.1, -0.05) is 37.3 Å². The summed E-state index contributed by atoms with van der Waals surface area (Å²) < 4.78 is 5.35. The number of imide groups is 1. The second-order valence-corrected chi connectivity index (χ2v) is 10.0. The minimum atomic E-state index is -0.840. The van der Waals surface area contributed by atoms with Gasteiger partial charge in [0.05, 0.1) is 22.3 Å². The molecule has 212 valence electrons. The molecule has 3 aromatic rings. The van der Waals surface area contributed by atoms with Gasteiger partial charge in [-0.15, -0.1) is 0 Å². The number of esters is 1. The van der Waals surface area contributed by atoms with E-state index in [0.29, 0.717) is 12.0 Å². The predicted molar refractivity (Wildman–Crippen MR) is 148 cm³/mol. The fourth-order valence-corrected chi connectivity index (χ4v) is 5.15. The van der Waals surface area contributed by atoms with Crippen molar-refractivity contribution in [1.29, 1.82) is 0 Å². The number of Topliss-reactive ketones (excluding diaryl/α,β-unsaturated/α-hetero) is 1. The number of carbonyl (C=O) groups is 5. The van der Waals surface area contributed by atoms with Crippen molar-refractivity contribution in [2.24, 2.45) is 17.8 Å². The summed E-state index contributed by atoms with van der Waals surface area (Å²) >= 11 is 0. The zero-order valence-corrected chi connectivity index (χ0v) is 22.4. The van der Waals surface area contributed by atoms with Crippen molar-refractivity contribution >= 4 is 35.2 Å². The highest BCUT2D eigenvalue weighted by molar-refractivity contribution is 6.10. The number of fused-ring (bicyclic) bond motifs is 1. The number of nitro benzene ring substituents is 1. The second kappa shape index (κ2) is 11.6.